The van der Waals surface area contributed by atoms with Crippen molar-refractivity contribution in [3.63, 3.8) is 0 Å². The lowest BCUT2D eigenvalue weighted by Crippen LogP contribution is -2.30. The predicted octanol–water partition coefficient (Wildman–Crippen LogP) is 3.57. The van der Waals surface area contributed by atoms with Gasteiger partial charge in [0.15, 0.2) is 0 Å². The number of carbonyl (C=O) groups excluding carboxylic acids is 1. The minimum Gasteiger partial charge on any atom is -0.351 e. The van der Waals surface area contributed by atoms with Gasteiger partial charge in [-0.15, -0.1) is 11.3 Å². The molecule has 0 saturated carbocycles. The van der Waals surface area contributed by atoms with E-state index >= 15 is 0 Å². The molecular weight excluding hydrogens is 298 g/mol. The third-order valence-electron chi connectivity index (χ3n) is 3.95. The van der Waals surface area contributed by atoms with Gasteiger partial charge in [-0.1, -0.05) is 17.3 Å². The van der Waals surface area contributed by atoms with E-state index in [1.807, 2.05) is 30.0 Å². The molecule has 6 heteroatoms. The van der Waals surface area contributed by atoms with E-state index in [2.05, 4.69) is 11.2 Å². The van der Waals surface area contributed by atoms with E-state index in [4.69, 9.17) is 9.51 Å². The standard InChI is InChI=1S/C16H15N3O2S/c1-10-9-13(21-18-10)16(20)19-8-4-6-12(19)15-17-11-5-2-3-7-14(11)22-15/h2-3,5,7,9,12H,4,6,8H2,1H3/t12-/m0/s1. The second-order valence-electron chi connectivity index (χ2n) is 5.51. The molecule has 4 rings (SSSR count). The molecule has 0 unspecified atom stereocenters. The van der Waals surface area contributed by atoms with Crippen LogP contribution in [-0.4, -0.2) is 27.5 Å². The summed E-state index contributed by atoms with van der Waals surface area (Å²) < 4.78 is 6.28. The Balaban J connectivity index is 1.67. The zero-order valence-corrected chi connectivity index (χ0v) is 13.0. The fraction of sp³-hybridized carbons (Fsp3) is 0.312. The van der Waals surface area contributed by atoms with Crippen LogP contribution in [0.3, 0.4) is 0 Å². The summed E-state index contributed by atoms with van der Waals surface area (Å²) in [5.74, 6) is 0.216. The van der Waals surface area contributed by atoms with Crippen molar-refractivity contribution in [1.29, 1.82) is 0 Å². The highest BCUT2D eigenvalue weighted by Gasteiger charge is 2.34. The lowest BCUT2D eigenvalue weighted by molar-refractivity contribution is 0.0693. The SMILES string of the molecule is Cc1cc(C(=O)N2CCC[C@H]2c2nc3ccccc3s2)on1. The highest BCUT2D eigenvalue weighted by atomic mass is 32.1. The molecule has 112 valence electrons. The first-order chi connectivity index (χ1) is 10.7. The quantitative estimate of drug-likeness (QED) is 0.725. The summed E-state index contributed by atoms with van der Waals surface area (Å²) in [6.45, 7) is 2.55. The first kappa shape index (κ1) is 13.5. The summed E-state index contributed by atoms with van der Waals surface area (Å²) in [4.78, 5) is 19.2. The fourth-order valence-electron chi connectivity index (χ4n) is 2.91. The van der Waals surface area contributed by atoms with Gasteiger partial charge in [0.1, 0.15) is 5.01 Å². The highest BCUT2D eigenvalue weighted by molar-refractivity contribution is 7.18. The Kier molecular flexibility index (Phi) is 3.18. The minimum atomic E-state index is -0.0950. The number of hydrogen-bond acceptors (Lipinski definition) is 5. The van der Waals surface area contributed by atoms with Gasteiger partial charge in [0.05, 0.1) is 22.0 Å². The van der Waals surface area contributed by atoms with E-state index in [1.54, 1.807) is 17.4 Å². The molecule has 0 N–H and O–H groups in total. The van der Waals surface area contributed by atoms with Gasteiger partial charge in [0, 0.05) is 12.6 Å². The van der Waals surface area contributed by atoms with Crippen molar-refractivity contribution in [1.82, 2.24) is 15.0 Å². The molecule has 1 aromatic carbocycles. The number of nitrogens with zero attached hydrogens (tertiary/aromatic N) is 3. The number of hydrogen-bond donors (Lipinski definition) is 0. The molecule has 5 nitrogen and oxygen atoms in total. The first-order valence-corrected chi connectivity index (χ1v) is 8.14. The smallest absolute Gasteiger partial charge is 0.293 e. The van der Waals surface area contributed by atoms with Gasteiger partial charge in [-0.25, -0.2) is 4.98 Å². The number of fused-ring (bicyclic) bond motifs is 1. The number of thiazole rings is 1. The molecule has 0 aliphatic carbocycles. The van der Waals surface area contributed by atoms with E-state index in [9.17, 15) is 4.79 Å². The van der Waals surface area contributed by atoms with Crippen LogP contribution in [0.15, 0.2) is 34.9 Å². The number of amides is 1. The molecule has 2 aromatic heterocycles. The molecule has 22 heavy (non-hydrogen) atoms. The normalized spacial score (nSPS) is 18.2. The van der Waals surface area contributed by atoms with Crippen LogP contribution in [0.2, 0.25) is 0 Å². The Labute approximate surface area is 131 Å². The molecule has 0 radical (unpaired) electrons. The summed E-state index contributed by atoms with van der Waals surface area (Å²) >= 11 is 1.66. The second kappa shape index (κ2) is 5.21. The van der Waals surface area contributed by atoms with Gasteiger partial charge >= 0.3 is 0 Å². The fourth-order valence-corrected chi connectivity index (χ4v) is 4.02. The van der Waals surface area contributed by atoms with E-state index in [1.165, 1.54) is 0 Å². The zero-order valence-electron chi connectivity index (χ0n) is 12.2. The Morgan fingerprint density at radius 1 is 1.41 bits per heavy atom. The number of benzene rings is 1. The van der Waals surface area contributed by atoms with Crippen LogP contribution in [0.5, 0.6) is 0 Å². The lowest BCUT2D eigenvalue weighted by atomic mass is 10.2. The van der Waals surface area contributed by atoms with Crippen LogP contribution in [-0.2, 0) is 0 Å². The largest absolute Gasteiger partial charge is 0.351 e. The molecule has 3 heterocycles. The number of likely N-dealkylation sites (tertiary alicyclic amines) is 1. The summed E-state index contributed by atoms with van der Waals surface area (Å²) in [6, 6.07) is 9.80. The first-order valence-electron chi connectivity index (χ1n) is 7.32. The molecule has 1 saturated heterocycles. The summed E-state index contributed by atoms with van der Waals surface area (Å²) in [5, 5.41) is 4.81. The van der Waals surface area contributed by atoms with E-state index in [0.29, 0.717) is 5.76 Å². The van der Waals surface area contributed by atoms with Crippen LogP contribution in [0.1, 0.15) is 40.1 Å². The van der Waals surface area contributed by atoms with Gasteiger partial charge in [0.25, 0.3) is 5.91 Å². The summed E-state index contributed by atoms with van der Waals surface area (Å²) in [6.07, 6.45) is 1.93. The predicted molar refractivity (Wildman–Crippen MR) is 83.9 cm³/mol. The summed E-state index contributed by atoms with van der Waals surface area (Å²) in [7, 11) is 0. The van der Waals surface area contributed by atoms with Crippen molar-refractivity contribution < 1.29 is 9.32 Å². The average Bonchev–Trinajstić information content (AvgIpc) is 3.24. The zero-order chi connectivity index (χ0) is 15.1. The van der Waals surface area contributed by atoms with Crippen molar-refractivity contribution in [2.45, 2.75) is 25.8 Å². The van der Waals surface area contributed by atoms with Crippen LogP contribution in [0.4, 0.5) is 0 Å². The molecule has 1 amide bonds. The maximum atomic E-state index is 12.6. The van der Waals surface area contributed by atoms with Crippen molar-refractivity contribution >= 4 is 27.5 Å². The highest BCUT2D eigenvalue weighted by Crippen LogP contribution is 2.37. The van der Waals surface area contributed by atoms with Crippen molar-refractivity contribution in [3.05, 3.63) is 46.8 Å². The van der Waals surface area contributed by atoms with E-state index in [0.717, 1.165) is 40.3 Å². The lowest BCUT2D eigenvalue weighted by Gasteiger charge is -2.21. The molecule has 1 aliphatic heterocycles. The van der Waals surface area contributed by atoms with Crippen LogP contribution in [0.25, 0.3) is 10.2 Å². The van der Waals surface area contributed by atoms with Crippen molar-refractivity contribution in [3.8, 4) is 0 Å². The van der Waals surface area contributed by atoms with Crippen LogP contribution >= 0.6 is 11.3 Å². The molecule has 1 fully saturated rings. The molecule has 3 aromatic rings. The number of aryl methyl sites for hydroxylation is 1. The molecule has 0 bridgehead atoms. The molecule has 0 spiro atoms. The van der Waals surface area contributed by atoms with Gasteiger partial charge in [-0.05, 0) is 31.9 Å². The van der Waals surface area contributed by atoms with E-state index in [-0.39, 0.29) is 11.9 Å². The Morgan fingerprint density at radius 3 is 3.05 bits per heavy atom. The van der Waals surface area contributed by atoms with Crippen LogP contribution < -0.4 is 0 Å². The maximum Gasteiger partial charge on any atom is 0.293 e. The van der Waals surface area contributed by atoms with Crippen molar-refractivity contribution in [2.24, 2.45) is 0 Å². The van der Waals surface area contributed by atoms with Crippen LogP contribution in [0, 0.1) is 6.92 Å². The molecule has 1 atom stereocenters. The number of carbonyl (C=O) groups is 1. The Morgan fingerprint density at radius 2 is 2.27 bits per heavy atom. The van der Waals surface area contributed by atoms with Gasteiger partial charge in [-0.2, -0.15) is 0 Å². The molecule has 1 aliphatic rings. The van der Waals surface area contributed by atoms with E-state index < -0.39 is 0 Å². The Bertz CT molecular complexity index is 806. The minimum absolute atomic E-state index is 0.0373. The van der Waals surface area contributed by atoms with Gasteiger partial charge in [-0.3, -0.25) is 4.79 Å². The number of rotatable bonds is 2. The van der Waals surface area contributed by atoms with Gasteiger partial charge in [0.2, 0.25) is 5.76 Å². The monoisotopic (exact) mass is 313 g/mol. The van der Waals surface area contributed by atoms with Gasteiger partial charge < -0.3 is 9.42 Å². The number of aromatic nitrogens is 2. The Hall–Kier alpha value is -2.21. The summed E-state index contributed by atoms with van der Waals surface area (Å²) in [5.41, 5.74) is 1.72. The maximum absolute atomic E-state index is 12.6. The second-order valence-corrected chi connectivity index (χ2v) is 6.57. The molecular formula is C16H15N3O2S. The van der Waals surface area contributed by atoms with Crippen molar-refractivity contribution in [2.75, 3.05) is 6.54 Å². The average molecular weight is 313 g/mol. The topological polar surface area (TPSA) is 59.2 Å². The third-order valence-corrected chi connectivity index (χ3v) is 5.09. The number of para-hydroxylation sites is 1. The third kappa shape index (κ3) is 2.20.